The van der Waals surface area contributed by atoms with Crippen molar-refractivity contribution in [2.75, 3.05) is 11.9 Å². The normalized spacial score (nSPS) is 23.7. The monoisotopic (exact) mass is 249 g/mol. The summed E-state index contributed by atoms with van der Waals surface area (Å²) < 4.78 is 5.40. The second-order valence-electron chi connectivity index (χ2n) is 4.86. The third kappa shape index (κ3) is 3.34. The van der Waals surface area contributed by atoms with Gasteiger partial charge in [0.15, 0.2) is 0 Å². The lowest BCUT2D eigenvalue weighted by atomic mass is 9.83. The molecule has 0 spiro atoms. The minimum atomic E-state index is 0.514. The van der Waals surface area contributed by atoms with Crippen LogP contribution in [0.15, 0.2) is 12.3 Å². The van der Waals surface area contributed by atoms with Crippen LogP contribution in [0.25, 0.3) is 0 Å². The summed E-state index contributed by atoms with van der Waals surface area (Å²) in [6, 6.07) is 2.31. The summed E-state index contributed by atoms with van der Waals surface area (Å²) in [5.74, 6) is 2.10. The smallest absolute Gasteiger partial charge is 0.226 e. The van der Waals surface area contributed by atoms with Gasteiger partial charge in [0.05, 0.1) is 6.61 Å². The zero-order valence-corrected chi connectivity index (χ0v) is 11.4. The van der Waals surface area contributed by atoms with Gasteiger partial charge in [-0.3, -0.25) is 0 Å². The fourth-order valence-electron chi connectivity index (χ4n) is 2.69. The van der Waals surface area contributed by atoms with Gasteiger partial charge in [-0.2, -0.15) is 4.98 Å². The summed E-state index contributed by atoms with van der Waals surface area (Å²) >= 11 is 0. The summed E-state index contributed by atoms with van der Waals surface area (Å²) in [5, 5.41) is 3.48. The van der Waals surface area contributed by atoms with Crippen LogP contribution in [0.1, 0.15) is 46.0 Å². The first-order valence-corrected chi connectivity index (χ1v) is 7.05. The Morgan fingerprint density at radius 2 is 2.17 bits per heavy atom. The van der Waals surface area contributed by atoms with Crippen molar-refractivity contribution in [1.82, 2.24) is 9.97 Å². The first-order valence-electron chi connectivity index (χ1n) is 7.05. The van der Waals surface area contributed by atoms with Crippen molar-refractivity contribution in [2.24, 2.45) is 5.92 Å². The summed E-state index contributed by atoms with van der Waals surface area (Å²) in [4.78, 5) is 8.66. The number of nitrogens with one attached hydrogen (secondary N) is 1. The molecular weight excluding hydrogens is 226 g/mol. The SMILES string of the molecule is CCOc1ccnc(NC2CCCCC2CC)n1. The second-order valence-corrected chi connectivity index (χ2v) is 4.86. The zero-order chi connectivity index (χ0) is 12.8. The van der Waals surface area contributed by atoms with E-state index < -0.39 is 0 Å². The first-order chi connectivity index (χ1) is 8.83. The van der Waals surface area contributed by atoms with E-state index in [1.54, 1.807) is 12.3 Å². The Morgan fingerprint density at radius 3 is 2.94 bits per heavy atom. The summed E-state index contributed by atoms with van der Waals surface area (Å²) in [7, 11) is 0. The van der Waals surface area contributed by atoms with Crippen LogP contribution in [0.5, 0.6) is 5.88 Å². The Morgan fingerprint density at radius 1 is 1.33 bits per heavy atom. The van der Waals surface area contributed by atoms with Crippen LogP contribution >= 0.6 is 0 Å². The van der Waals surface area contributed by atoms with Crippen molar-refractivity contribution in [3.05, 3.63) is 12.3 Å². The molecule has 0 radical (unpaired) electrons. The maximum Gasteiger partial charge on any atom is 0.226 e. The van der Waals surface area contributed by atoms with E-state index in [9.17, 15) is 0 Å². The largest absolute Gasteiger partial charge is 0.478 e. The van der Waals surface area contributed by atoms with Crippen LogP contribution in [-0.4, -0.2) is 22.6 Å². The van der Waals surface area contributed by atoms with E-state index in [0.29, 0.717) is 24.5 Å². The van der Waals surface area contributed by atoms with Crippen LogP contribution < -0.4 is 10.1 Å². The average molecular weight is 249 g/mol. The predicted molar refractivity (Wildman–Crippen MR) is 72.9 cm³/mol. The quantitative estimate of drug-likeness (QED) is 0.870. The number of hydrogen-bond donors (Lipinski definition) is 1. The molecule has 2 atom stereocenters. The number of nitrogens with zero attached hydrogens (tertiary/aromatic N) is 2. The third-order valence-corrected chi connectivity index (χ3v) is 3.67. The van der Waals surface area contributed by atoms with E-state index in [1.807, 2.05) is 6.92 Å². The maximum atomic E-state index is 5.40. The van der Waals surface area contributed by atoms with E-state index in [0.717, 1.165) is 5.92 Å². The van der Waals surface area contributed by atoms with E-state index >= 15 is 0 Å². The minimum Gasteiger partial charge on any atom is -0.478 e. The van der Waals surface area contributed by atoms with E-state index in [-0.39, 0.29) is 0 Å². The highest BCUT2D eigenvalue weighted by Gasteiger charge is 2.24. The van der Waals surface area contributed by atoms with E-state index in [1.165, 1.54) is 32.1 Å². The van der Waals surface area contributed by atoms with Gasteiger partial charge in [-0.1, -0.05) is 26.2 Å². The summed E-state index contributed by atoms with van der Waals surface area (Å²) in [6.07, 6.45) is 8.18. The van der Waals surface area contributed by atoms with Gasteiger partial charge in [0, 0.05) is 18.3 Å². The van der Waals surface area contributed by atoms with Gasteiger partial charge in [-0.05, 0) is 25.7 Å². The molecule has 1 fully saturated rings. The molecule has 2 unspecified atom stereocenters. The molecule has 0 aliphatic heterocycles. The number of hydrogen-bond acceptors (Lipinski definition) is 4. The molecule has 1 N–H and O–H groups in total. The second kappa shape index (κ2) is 6.57. The number of anilines is 1. The van der Waals surface area contributed by atoms with Gasteiger partial charge in [0.25, 0.3) is 0 Å². The molecule has 1 aromatic heterocycles. The highest BCUT2D eigenvalue weighted by molar-refractivity contribution is 5.29. The number of rotatable bonds is 5. The van der Waals surface area contributed by atoms with Crippen molar-refractivity contribution < 1.29 is 4.74 Å². The fourth-order valence-corrected chi connectivity index (χ4v) is 2.69. The average Bonchev–Trinajstić information content (AvgIpc) is 2.40. The highest BCUT2D eigenvalue weighted by Crippen LogP contribution is 2.28. The van der Waals surface area contributed by atoms with E-state index in [2.05, 4.69) is 22.2 Å². The Kier molecular flexibility index (Phi) is 4.79. The Bertz CT molecular complexity index is 370. The molecule has 0 bridgehead atoms. The molecule has 0 saturated heterocycles. The van der Waals surface area contributed by atoms with Gasteiger partial charge in [0.1, 0.15) is 0 Å². The Balaban J connectivity index is 2.00. The molecule has 1 saturated carbocycles. The van der Waals surface area contributed by atoms with Gasteiger partial charge < -0.3 is 10.1 Å². The van der Waals surface area contributed by atoms with Gasteiger partial charge in [-0.25, -0.2) is 4.98 Å². The molecule has 0 aromatic carbocycles. The first kappa shape index (κ1) is 13.1. The topological polar surface area (TPSA) is 47.0 Å². The van der Waals surface area contributed by atoms with Crippen LogP contribution in [0.2, 0.25) is 0 Å². The van der Waals surface area contributed by atoms with Crippen molar-refractivity contribution in [3.63, 3.8) is 0 Å². The molecule has 0 amide bonds. The highest BCUT2D eigenvalue weighted by atomic mass is 16.5. The van der Waals surface area contributed by atoms with Crippen molar-refractivity contribution in [3.8, 4) is 5.88 Å². The van der Waals surface area contributed by atoms with Gasteiger partial charge >= 0.3 is 0 Å². The predicted octanol–water partition coefficient (Wildman–Crippen LogP) is 3.26. The lowest BCUT2D eigenvalue weighted by molar-refractivity contribution is 0.313. The van der Waals surface area contributed by atoms with Crippen molar-refractivity contribution in [2.45, 2.75) is 52.0 Å². The molecule has 100 valence electrons. The van der Waals surface area contributed by atoms with Crippen LogP contribution in [-0.2, 0) is 0 Å². The van der Waals surface area contributed by atoms with Crippen molar-refractivity contribution >= 4 is 5.95 Å². The lowest BCUT2D eigenvalue weighted by Crippen LogP contribution is -2.32. The number of aromatic nitrogens is 2. The number of ether oxygens (including phenoxy) is 1. The van der Waals surface area contributed by atoms with Gasteiger partial charge in [-0.15, -0.1) is 0 Å². The molecule has 1 aliphatic rings. The molecule has 2 rings (SSSR count). The van der Waals surface area contributed by atoms with Crippen LogP contribution in [0, 0.1) is 5.92 Å². The Labute approximate surface area is 109 Å². The lowest BCUT2D eigenvalue weighted by Gasteiger charge is -2.31. The molecule has 4 nitrogen and oxygen atoms in total. The molecule has 1 heterocycles. The molecule has 4 heteroatoms. The van der Waals surface area contributed by atoms with E-state index in [4.69, 9.17) is 4.74 Å². The summed E-state index contributed by atoms with van der Waals surface area (Å²) in [6.45, 7) is 4.86. The van der Waals surface area contributed by atoms with Crippen molar-refractivity contribution in [1.29, 1.82) is 0 Å². The molecular formula is C14H23N3O. The molecule has 1 aliphatic carbocycles. The zero-order valence-electron chi connectivity index (χ0n) is 11.4. The fraction of sp³-hybridized carbons (Fsp3) is 0.714. The minimum absolute atomic E-state index is 0.514. The molecule has 18 heavy (non-hydrogen) atoms. The Hall–Kier alpha value is -1.32. The summed E-state index contributed by atoms with van der Waals surface area (Å²) in [5.41, 5.74) is 0. The van der Waals surface area contributed by atoms with Crippen LogP contribution in [0.4, 0.5) is 5.95 Å². The maximum absolute atomic E-state index is 5.40. The third-order valence-electron chi connectivity index (χ3n) is 3.67. The standard InChI is InChI=1S/C14H23N3O/c1-3-11-7-5-6-8-12(11)16-14-15-10-9-13(17-14)18-4-2/h9-12H,3-8H2,1-2H3,(H,15,16,17). The van der Waals surface area contributed by atoms with Crippen LogP contribution in [0.3, 0.4) is 0 Å². The van der Waals surface area contributed by atoms with Gasteiger partial charge in [0.2, 0.25) is 11.8 Å². The molecule has 1 aromatic rings.